The summed E-state index contributed by atoms with van der Waals surface area (Å²) in [6.07, 6.45) is 0. The van der Waals surface area contributed by atoms with E-state index in [0.29, 0.717) is 5.56 Å². The van der Waals surface area contributed by atoms with Crippen molar-refractivity contribution in [3.8, 4) is 5.75 Å². The first-order chi connectivity index (χ1) is 14.0. The number of rotatable bonds is 6. The normalized spacial score (nSPS) is 15.9. The Morgan fingerprint density at radius 2 is 1.69 bits per heavy atom. The molecule has 2 aromatic rings. The summed E-state index contributed by atoms with van der Waals surface area (Å²) >= 11 is 0. The Labute approximate surface area is 167 Å². The molecule has 0 spiro atoms. The zero-order valence-electron chi connectivity index (χ0n) is 15.7. The van der Waals surface area contributed by atoms with Gasteiger partial charge in [0.25, 0.3) is 0 Å². The van der Waals surface area contributed by atoms with Gasteiger partial charge < -0.3 is 25.2 Å². The van der Waals surface area contributed by atoms with E-state index in [9.17, 15) is 19.5 Å². The maximum absolute atomic E-state index is 12.6. The second-order valence-electron chi connectivity index (χ2n) is 6.15. The predicted molar refractivity (Wildman–Crippen MR) is 103 cm³/mol. The number of hydrogen-bond acceptors (Lipinski definition) is 6. The van der Waals surface area contributed by atoms with Crippen LogP contribution in [-0.2, 0) is 14.3 Å². The van der Waals surface area contributed by atoms with E-state index in [2.05, 4.69) is 10.6 Å². The third-order valence-electron chi connectivity index (χ3n) is 4.25. The lowest BCUT2D eigenvalue weighted by Gasteiger charge is -2.29. The molecule has 1 aliphatic rings. The second-order valence-corrected chi connectivity index (χ2v) is 6.15. The Morgan fingerprint density at radius 3 is 2.38 bits per heavy atom. The number of amides is 2. The summed E-state index contributed by atoms with van der Waals surface area (Å²) in [6.45, 7) is 1.43. The molecular weight excluding hydrogens is 376 g/mol. The SMILES string of the molecule is CCOC(=O)C1=C(COC(=O)c2ccccc2O)NC(=O)N[C@H]1c1ccccc1. The van der Waals surface area contributed by atoms with Gasteiger partial charge in [-0.1, -0.05) is 42.5 Å². The van der Waals surface area contributed by atoms with Gasteiger partial charge in [0, 0.05) is 0 Å². The smallest absolute Gasteiger partial charge is 0.342 e. The molecule has 8 nitrogen and oxygen atoms in total. The van der Waals surface area contributed by atoms with Crippen molar-refractivity contribution < 1.29 is 29.0 Å². The van der Waals surface area contributed by atoms with Crippen LogP contribution in [0.1, 0.15) is 28.9 Å². The average molecular weight is 396 g/mol. The molecule has 1 aliphatic heterocycles. The van der Waals surface area contributed by atoms with Crippen molar-refractivity contribution in [2.45, 2.75) is 13.0 Å². The number of nitrogens with one attached hydrogen (secondary N) is 2. The van der Waals surface area contributed by atoms with Gasteiger partial charge in [0.15, 0.2) is 0 Å². The predicted octanol–water partition coefficient (Wildman–Crippen LogP) is 2.42. The van der Waals surface area contributed by atoms with Crippen LogP contribution < -0.4 is 10.6 Å². The number of ether oxygens (including phenoxy) is 2. The molecule has 0 saturated heterocycles. The molecule has 2 amide bonds. The van der Waals surface area contributed by atoms with Crippen molar-refractivity contribution in [2.75, 3.05) is 13.2 Å². The average Bonchev–Trinajstić information content (AvgIpc) is 2.72. The topological polar surface area (TPSA) is 114 Å². The first-order valence-electron chi connectivity index (χ1n) is 8.99. The lowest BCUT2D eigenvalue weighted by molar-refractivity contribution is -0.139. The summed E-state index contributed by atoms with van der Waals surface area (Å²) in [5.41, 5.74) is 0.910. The molecule has 29 heavy (non-hydrogen) atoms. The molecule has 2 aromatic carbocycles. The maximum atomic E-state index is 12.6. The van der Waals surface area contributed by atoms with E-state index in [0.717, 1.165) is 0 Å². The largest absolute Gasteiger partial charge is 0.507 e. The number of phenolic OH excluding ortho intramolecular Hbond substituents is 1. The molecule has 0 bridgehead atoms. The first kappa shape index (κ1) is 19.9. The molecule has 0 radical (unpaired) electrons. The zero-order valence-corrected chi connectivity index (χ0v) is 15.7. The molecule has 1 atom stereocenters. The minimum absolute atomic E-state index is 0.0225. The van der Waals surface area contributed by atoms with Gasteiger partial charge >= 0.3 is 18.0 Å². The molecule has 0 saturated carbocycles. The van der Waals surface area contributed by atoms with E-state index in [4.69, 9.17) is 9.47 Å². The van der Waals surface area contributed by atoms with Crippen LogP contribution in [0.5, 0.6) is 5.75 Å². The highest BCUT2D eigenvalue weighted by Gasteiger charge is 2.34. The number of para-hydroxylation sites is 1. The lowest BCUT2D eigenvalue weighted by Crippen LogP contribution is -2.47. The number of benzene rings is 2. The van der Waals surface area contributed by atoms with Crippen LogP contribution in [0.4, 0.5) is 4.79 Å². The molecule has 0 aromatic heterocycles. The van der Waals surface area contributed by atoms with Gasteiger partial charge in [-0.2, -0.15) is 0 Å². The number of phenols is 1. The minimum Gasteiger partial charge on any atom is -0.507 e. The molecule has 150 valence electrons. The van der Waals surface area contributed by atoms with Crippen molar-refractivity contribution in [3.05, 3.63) is 77.0 Å². The Bertz CT molecular complexity index is 955. The Morgan fingerprint density at radius 1 is 1.00 bits per heavy atom. The quantitative estimate of drug-likeness (QED) is 0.646. The van der Waals surface area contributed by atoms with Gasteiger partial charge in [-0.15, -0.1) is 0 Å². The van der Waals surface area contributed by atoms with Crippen molar-refractivity contribution in [2.24, 2.45) is 0 Å². The number of urea groups is 1. The van der Waals surface area contributed by atoms with E-state index in [-0.39, 0.29) is 35.8 Å². The molecule has 0 unspecified atom stereocenters. The van der Waals surface area contributed by atoms with Crippen molar-refractivity contribution >= 4 is 18.0 Å². The van der Waals surface area contributed by atoms with Crippen LogP contribution in [0.15, 0.2) is 65.9 Å². The van der Waals surface area contributed by atoms with Gasteiger partial charge in [-0.3, -0.25) is 0 Å². The van der Waals surface area contributed by atoms with E-state index in [1.165, 1.54) is 12.1 Å². The summed E-state index contributed by atoms with van der Waals surface area (Å²) in [6, 6.07) is 13.5. The fourth-order valence-corrected chi connectivity index (χ4v) is 2.94. The van der Waals surface area contributed by atoms with Gasteiger partial charge in [-0.05, 0) is 24.6 Å². The zero-order chi connectivity index (χ0) is 20.8. The van der Waals surface area contributed by atoms with Crippen molar-refractivity contribution in [1.82, 2.24) is 10.6 Å². The van der Waals surface area contributed by atoms with Gasteiger partial charge in [0.05, 0.1) is 23.9 Å². The highest BCUT2D eigenvalue weighted by molar-refractivity contribution is 5.96. The van der Waals surface area contributed by atoms with Crippen LogP contribution in [-0.4, -0.2) is 36.3 Å². The van der Waals surface area contributed by atoms with E-state index >= 15 is 0 Å². The van der Waals surface area contributed by atoms with Gasteiger partial charge in [0.2, 0.25) is 0 Å². The maximum Gasteiger partial charge on any atom is 0.342 e. The summed E-state index contributed by atoms with van der Waals surface area (Å²) in [7, 11) is 0. The summed E-state index contributed by atoms with van der Waals surface area (Å²) in [4.78, 5) is 37.1. The van der Waals surface area contributed by atoms with Crippen LogP contribution in [0.2, 0.25) is 0 Å². The van der Waals surface area contributed by atoms with Crippen molar-refractivity contribution in [3.63, 3.8) is 0 Å². The number of esters is 2. The molecule has 1 heterocycles. The van der Waals surface area contributed by atoms with E-state index in [1.54, 1.807) is 43.3 Å². The minimum atomic E-state index is -0.789. The van der Waals surface area contributed by atoms with Crippen LogP contribution in [0.25, 0.3) is 0 Å². The Kier molecular flexibility index (Phi) is 6.13. The van der Waals surface area contributed by atoms with Crippen LogP contribution in [0, 0.1) is 0 Å². The monoisotopic (exact) mass is 396 g/mol. The number of aromatic hydroxyl groups is 1. The van der Waals surface area contributed by atoms with Gasteiger partial charge in [0.1, 0.15) is 17.9 Å². The van der Waals surface area contributed by atoms with Gasteiger partial charge in [-0.25, -0.2) is 14.4 Å². The highest BCUT2D eigenvalue weighted by atomic mass is 16.5. The number of carbonyl (C=O) groups excluding carboxylic acids is 3. The van der Waals surface area contributed by atoms with Crippen molar-refractivity contribution in [1.29, 1.82) is 0 Å². The molecule has 3 rings (SSSR count). The summed E-state index contributed by atoms with van der Waals surface area (Å²) in [5, 5.41) is 15.0. The number of carbonyl (C=O) groups is 3. The molecule has 8 heteroatoms. The molecule has 3 N–H and O–H groups in total. The molecular formula is C21H20N2O6. The fourth-order valence-electron chi connectivity index (χ4n) is 2.94. The Hall–Kier alpha value is -3.81. The third kappa shape index (κ3) is 4.55. The summed E-state index contributed by atoms with van der Waals surface area (Å²) < 4.78 is 10.4. The standard InChI is InChI=1S/C21H20N2O6/c1-2-28-20(26)17-15(12-29-19(25)14-10-6-7-11-16(14)24)22-21(27)23-18(17)13-8-4-3-5-9-13/h3-11,18,24H,2,12H2,1H3,(H2,22,23,27)/t18-/m0/s1. The third-order valence-corrected chi connectivity index (χ3v) is 4.25. The molecule has 0 aliphatic carbocycles. The fraction of sp³-hybridized carbons (Fsp3) is 0.190. The Balaban J connectivity index is 1.92. The first-order valence-corrected chi connectivity index (χ1v) is 8.99. The van der Waals surface area contributed by atoms with Crippen LogP contribution in [0.3, 0.4) is 0 Å². The summed E-state index contributed by atoms with van der Waals surface area (Å²) in [5.74, 6) is -1.65. The van der Waals surface area contributed by atoms with Crippen LogP contribution >= 0.6 is 0 Å². The molecule has 0 fully saturated rings. The highest BCUT2D eigenvalue weighted by Crippen LogP contribution is 2.28. The van der Waals surface area contributed by atoms with E-state index in [1.807, 2.05) is 6.07 Å². The van der Waals surface area contributed by atoms with E-state index < -0.39 is 24.0 Å². The lowest BCUT2D eigenvalue weighted by atomic mass is 9.95. The number of hydrogen-bond donors (Lipinski definition) is 3. The second kappa shape index (κ2) is 8.92.